The quantitative estimate of drug-likeness (QED) is 0.335. The molecule has 1 aliphatic rings. The van der Waals surface area contributed by atoms with E-state index < -0.39 is 36.8 Å². The molecule has 4 atom stereocenters. The molecule has 8 nitrogen and oxygen atoms in total. The van der Waals surface area contributed by atoms with Crippen LogP contribution in [-0.4, -0.2) is 79.7 Å². The molecule has 5 N–H and O–H groups in total. The number of rotatable bonds is 8. The Kier molecular flexibility index (Phi) is 10.3. The van der Waals surface area contributed by atoms with Crippen LogP contribution in [0, 0.1) is 0 Å². The lowest BCUT2D eigenvalue weighted by atomic mass is 9.99. The van der Waals surface area contributed by atoms with Gasteiger partial charge in [0, 0.05) is 19.4 Å². The predicted octanol–water partition coefficient (Wildman–Crippen LogP) is -1.68. The van der Waals surface area contributed by atoms with Gasteiger partial charge in [0.2, 0.25) is 5.91 Å². The number of ketones is 1. The number of amides is 1. The van der Waals surface area contributed by atoms with Crippen LogP contribution in [0.2, 0.25) is 0 Å². The maximum absolute atomic E-state index is 11.1. The van der Waals surface area contributed by atoms with Crippen molar-refractivity contribution >= 4 is 11.7 Å². The highest BCUT2D eigenvalue weighted by atomic mass is 16.4. The van der Waals surface area contributed by atoms with Crippen LogP contribution in [0.25, 0.3) is 0 Å². The van der Waals surface area contributed by atoms with E-state index in [2.05, 4.69) is 13.2 Å². The Morgan fingerprint density at radius 2 is 1.83 bits per heavy atom. The Morgan fingerprint density at radius 3 is 2.17 bits per heavy atom. The molecule has 1 rings (SSSR count). The van der Waals surface area contributed by atoms with Crippen LogP contribution in [-0.2, 0) is 9.59 Å². The number of allylic oxidation sites excluding steroid dienone is 1. The summed E-state index contributed by atoms with van der Waals surface area (Å²) in [6.45, 7) is 6.86. The van der Waals surface area contributed by atoms with E-state index in [-0.39, 0.29) is 12.3 Å². The maximum atomic E-state index is 11.1. The minimum atomic E-state index is -1.83. The SMILES string of the molecule is C=CCC(=O)[C@H](O)[C@@H](O)[C@H](O)[C@H](O)CO.C=CN1CCCC1=O. The molecule has 23 heavy (non-hydrogen) atoms. The van der Waals surface area contributed by atoms with Gasteiger partial charge in [0.15, 0.2) is 5.78 Å². The van der Waals surface area contributed by atoms with Gasteiger partial charge in [0.25, 0.3) is 0 Å². The number of hydrogen-bond acceptors (Lipinski definition) is 7. The summed E-state index contributed by atoms with van der Waals surface area (Å²) >= 11 is 0. The number of likely N-dealkylation sites (tertiary alicyclic amines) is 1. The van der Waals surface area contributed by atoms with Crippen molar-refractivity contribution in [2.75, 3.05) is 13.2 Å². The normalized spacial score (nSPS) is 19.2. The zero-order chi connectivity index (χ0) is 18.0. The average Bonchev–Trinajstić information content (AvgIpc) is 2.97. The molecule has 0 unspecified atom stereocenters. The van der Waals surface area contributed by atoms with Crippen LogP contribution >= 0.6 is 0 Å². The van der Waals surface area contributed by atoms with E-state index in [0.717, 1.165) is 13.0 Å². The number of aliphatic hydroxyl groups excluding tert-OH is 5. The van der Waals surface area contributed by atoms with Gasteiger partial charge in [0.1, 0.15) is 24.4 Å². The largest absolute Gasteiger partial charge is 0.394 e. The molecule has 0 bridgehead atoms. The number of carbonyl (C=O) groups is 2. The third kappa shape index (κ3) is 7.02. The number of carbonyl (C=O) groups excluding carboxylic acids is 2. The fraction of sp³-hybridized carbons (Fsp3) is 0.600. The van der Waals surface area contributed by atoms with Crippen LogP contribution in [0.5, 0.6) is 0 Å². The zero-order valence-corrected chi connectivity index (χ0v) is 12.9. The first-order valence-corrected chi connectivity index (χ1v) is 7.18. The van der Waals surface area contributed by atoms with Gasteiger partial charge < -0.3 is 30.4 Å². The van der Waals surface area contributed by atoms with E-state index in [1.807, 2.05) is 0 Å². The van der Waals surface area contributed by atoms with E-state index in [9.17, 15) is 24.9 Å². The molecule has 1 aliphatic heterocycles. The summed E-state index contributed by atoms with van der Waals surface area (Å²) in [5, 5.41) is 45.1. The van der Waals surface area contributed by atoms with Crippen LogP contribution in [0.1, 0.15) is 19.3 Å². The first-order valence-electron chi connectivity index (χ1n) is 7.18. The van der Waals surface area contributed by atoms with E-state index in [0.29, 0.717) is 6.42 Å². The van der Waals surface area contributed by atoms with E-state index >= 15 is 0 Å². The molecule has 132 valence electrons. The number of aliphatic hydroxyl groups is 5. The van der Waals surface area contributed by atoms with Crippen molar-refractivity contribution in [1.82, 2.24) is 4.90 Å². The molecule has 0 aromatic rings. The third-order valence-electron chi connectivity index (χ3n) is 3.26. The van der Waals surface area contributed by atoms with Crippen molar-refractivity contribution in [3.63, 3.8) is 0 Å². The van der Waals surface area contributed by atoms with Crippen molar-refractivity contribution in [2.45, 2.75) is 43.7 Å². The number of Topliss-reactive ketones (excluding diaryl/α,β-unsaturated/α-hetero) is 1. The standard InChI is InChI=1S/C9H16O6.C6H9NO/c1-2-3-5(11)7(13)9(15)8(14)6(12)4-10;1-2-7-5-3-4-6(7)8/h2,6-10,12-15H,1,3-4H2;2H,1,3-5H2/t6-,7+,8-,9-;/m1./s1. The number of nitrogens with zero attached hydrogens (tertiary/aromatic N) is 1. The molecule has 0 aromatic heterocycles. The second-order valence-corrected chi connectivity index (χ2v) is 5.01. The van der Waals surface area contributed by atoms with Gasteiger partial charge in [-0.15, -0.1) is 6.58 Å². The average molecular weight is 331 g/mol. The minimum Gasteiger partial charge on any atom is -0.394 e. The molecule has 0 saturated carbocycles. The van der Waals surface area contributed by atoms with E-state index in [1.165, 1.54) is 6.08 Å². The molecule has 1 amide bonds. The Bertz CT molecular complexity index is 413. The molecular weight excluding hydrogens is 306 g/mol. The second-order valence-electron chi connectivity index (χ2n) is 5.01. The molecule has 0 aromatic carbocycles. The maximum Gasteiger partial charge on any atom is 0.226 e. The van der Waals surface area contributed by atoms with E-state index in [4.69, 9.17) is 10.2 Å². The Labute approximate surface area is 135 Å². The topological polar surface area (TPSA) is 139 Å². The van der Waals surface area contributed by atoms with Crippen molar-refractivity contribution in [3.05, 3.63) is 25.4 Å². The summed E-state index contributed by atoms with van der Waals surface area (Å²) < 4.78 is 0. The van der Waals surface area contributed by atoms with Gasteiger partial charge in [-0.1, -0.05) is 12.7 Å². The third-order valence-corrected chi connectivity index (χ3v) is 3.26. The molecule has 0 radical (unpaired) electrons. The Morgan fingerprint density at radius 1 is 1.22 bits per heavy atom. The monoisotopic (exact) mass is 331 g/mol. The molecular formula is C15H25NO7. The molecule has 1 heterocycles. The van der Waals surface area contributed by atoms with Gasteiger partial charge in [-0.25, -0.2) is 0 Å². The first kappa shape index (κ1) is 21.4. The summed E-state index contributed by atoms with van der Waals surface area (Å²) in [4.78, 5) is 23.4. The molecule has 1 fully saturated rings. The highest BCUT2D eigenvalue weighted by Crippen LogP contribution is 2.08. The lowest BCUT2D eigenvalue weighted by Gasteiger charge is -2.24. The van der Waals surface area contributed by atoms with Gasteiger partial charge in [-0.3, -0.25) is 9.59 Å². The molecule has 1 saturated heterocycles. The lowest BCUT2D eigenvalue weighted by Crippen LogP contribution is -2.48. The summed E-state index contributed by atoms with van der Waals surface area (Å²) in [6.07, 6.45) is -2.65. The van der Waals surface area contributed by atoms with Gasteiger partial charge in [0.05, 0.1) is 6.61 Å². The molecule has 0 spiro atoms. The number of hydrogen-bond donors (Lipinski definition) is 5. The van der Waals surface area contributed by atoms with Crippen LogP contribution in [0.3, 0.4) is 0 Å². The smallest absolute Gasteiger partial charge is 0.226 e. The first-order chi connectivity index (χ1) is 10.8. The second kappa shape index (κ2) is 11.0. The summed E-state index contributed by atoms with van der Waals surface area (Å²) in [6, 6.07) is 0. The highest BCUT2D eigenvalue weighted by Gasteiger charge is 2.33. The minimum absolute atomic E-state index is 0.153. The van der Waals surface area contributed by atoms with Crippen molar-refractivity contribution < 1.29 is 35.1 Å². The molecule has 8 heteroatoms. The lowest BCUT2D eigenvalue weighted by molar-refractivity contribution is -0.146. The Balaban J connectivity index is 0.000000502. The summed E-state index contributed by atoms with van der Waals surface area (Å²) in [5.74, 6) is -0.512. The Hall–Kier alpha value is -1.58. The fourth-order valence-electron chi connectivity index (χ4n) is 1.84. The van der Waals surface area contributed by atoms with Crippen LogP contribution in [0.15, 0.2) is 25.4 Å². The predicted molar refractivity (Wildman–Crippen MR) is 82.1 cm³/mol. The summed E-state index contributed by atoms with van der Waals surface area (Å²) in [7, 11) is 0. The van der Waals surface area contributed by atoms with Crippen molar-refractivity contribution in [1.29, 1.82) is 0 Å². The van der Waals surface area contributed by atoms with Crippen LogP contribution in [0.4, 0.5) is 0 Å². The van der Waals surface area contributed by atoms with Gasteiger partial charge in [-0.05, 0) is 12.6 Å². The van der Waals surface area contributed by atoms with Gasteiger partial charge >= 0.3 is 0 Å². The van der Waals surface area contributed by atoms with Crippen molar-refractivity contribution in [3.8, 4) is 0 Å². The molecule has 0 aliphatic carbocycles. The highest BCUT2D eigenvalue weighted by molar-refractivity contribution is 5.84. The summed E-state index contributed by atoms with van der Waals surface area (Å²) in [5.41, 5.74) is 0. The van der Waals surface area contributed by atoms with Crippen LogP contribution < -0.4 is 0 Å². The van der Waals surface area contributed by atoms with E-state index in [1.54, 1.807) is 11.1 Å². The zero-order valence-electron chi connectivity index (χ0n) is 12.9. The van der Waals surface area contributed by atoms with Gasteiger partial charge in [-0.2, -0.15) is 0 Å². The fourth-order valence-corrected chi connectivity index (χ4v) is 1.84. The van der Waals surface area contributed by atoms with Crippen molar-refractivity contribution in [2.24, 2.45) is 0 Å².